The van der Waals surface area contributed by atoms with Gasteiger partial charge in [-0.1, -0.05) is 18.2 Å². The van der Waals surface area contributed by atoms with Crippen molar-refractivity contribution in [2.24, 2.45) is 0 Å². The third-order valence-electron chi connectivity index (χ3n) is 4.39. The van der Waals surface area contributed by atoms with Crippen molar-refractivity contribution in [2.45, 2.75) is 44.7 Å². The van der Waals surface area contributed by atoms with Gasteiger partial charge in [-0.2, -0.15) is 0 Å². The van der Waals surface area contributed by atoms with Gasteiger partial charge >= 0.3 is 5.97 Å². The Morgan fingerprint density at radius 1 is 1.32 bits per heavy atom. The number of rotatable bonds is 3. The molecule has 0 radical (unpaired) electrons. The monoisotopic (exact) mass is 259 g/mol. The fourth-order valence-corrected chi connectivity index (χ4v) is 3.38. The van der Waals surface area contributed by atoms with Crippen LogP contribution in [0.2, 0.25) is 0 Å². The van der Waals surface area contributed by atoms with Gasteiger partial charge in [0.05, 0.1) is 7.11 Å². The van der Waals surface area contributed by atoms with Gasteiger partial charge in [0.25, 0.3) is 0 Å². The molecule has 1 unspecified atom stereocenters. The largest absolute Gasteiger partial charge is 0.468 e. The lowest BCUT2D eigenvalue weighted by atomic mass is 10.1. The summed E-state index contributed by atoms with van der Waals surface area (Å²) in [6, 6.07) is 6.77. The maximum atomic E-state index is 11.7. The summed E-state index contributed by atoms with van der Waals surface area (Å²) in [5, 5.41) is 0. The van der Waals surface area contributed by atoms with E-state index < -0.39 is 0 Å². The highest BCUT2D eigenvalue weighted by atomic mass is 16.5. The summed E-state index contributed by atoms with van der Waals surface area (Å²) >= 11 is 0. The minimum atomic E-state index is -0.0846. The van der Waals surface area contributed by atoms with Crippen LogP contribution in [0, 0.1) is 0 Å². The van der Waals surface area contributed by atoms with Crippen LogP contribution in [-0.2, 0) is 28.9 Å². The van der Waals surface area contributed by atoms with Crippen LogP contribution in [0.3, 0.4) is 0 Å². The number of benzene rings is 1. The van der Waals surface area contributed by atoms with Gasteiger partial charge in [-0.25, -0.2) is 0 Å². The number of carbonyl (C=O) groups excluding carboxylic acids is 1. The number of aryl methyl sites for hydroxylation is 2. The number of esters is 1. The van der Waals surface area contributed by atoms with Gasteiger partial charge in [0, 0.05) is 6.54 Å². The predicted molar refractivity (Wildman–Crippen MR) is 73.9 cm³/mol. The number of ether oxygens (including phenoxy) is 1. The van der Waals surface area contributed by atoms with Crippen LogP contribution in [0.25, 0.3) is 0 Å². The van der Waals surface area contributed by atoms with E-state index in [1.54, 1.807) is 0 Å². The van der Waals surface area contributed by atoms with E-state index in [9.17, 15) is 4.79 Å². The second kappa shape index (κ2) is 5.33. The second-order valence-electron chi connectivity index (χ2n) is 5.61. The molecule has 0 amide bonds. The van der Waals surface area contributed by atoms with Crippen molar-refractivity contribution >= 4 is 5.97 Å². The maximum absolute atomic E-state index is 11.7. The van der Waals surface area contributed by atoms with Crippen molar-refractivity contribution in [1.29, 1.82) is 0 Å². The standard InChI is InChI=1S/C16H21NO2/c1-19-16(18)15-6-3-9-17(15)11-12-7-8-13-4-2-5-14(13)10-12/h7-8,10,15H,2-6,9,11H2,1H3. The smallest absolute Gasteiger partial charge is 0.323 e. The Morgan fingerprint density at radius 2 is 2.16 bits per heavy atom. The first-order chi connectivity index (χ1) is 9.28. The Morgan fingerprint density at radius 3 is 3.00 bits per heavy atom. The molecular weight excluding hydrogens is 238 g/mol. The molecule has 3 heteroatoms. The Balaban J connectivity index is 1.72. The molecule has 1 aliphatic carbocycles. The van der Waals surface area contributed by atoms with Crippen LogP contribution in [0.1, 0.15) is 36.0 Å². The number of nitrogens with zero attached hydrogens (tertiary/aromatic N) is 1. The molecule has 0 spiro atoms. The molecule has 0 aromatic heterocycles. The van der Waals surface area contributed by atoms with Gasteiger partial charge in [-0.3, -0.25) is 9.69 Å². The Bertz CT molecular complexity index is 484. The van der Waals surface area contributed by atoms with Crippen molar-refractivity contribution in [3.8, 4) is 0 Å². The fourth-order valence-electron chi connectivity index (χ4n) is 3.38. The molecule has 1 aromatic carbocycles. The van der Waals surface area contributed by atoms with E-state index in [1.165, 1.54) is 43.1 Å². The minimum absolute atomic E-state index is 0.0433. The number of fused-ring (bicyclic) bond motifs is 1. The first-order valence-electron chi connectivity index (χ1n) is 7.20. The summed E-state index contributed by atoms with van der Waals surface area (Å²) in [6.45, 7) is 1.86. The maximum Gasteiger partial charge on any atom is 0.323 e. The molecule has 0 N–H and O–H groups in total. The Labute approximate surface area is 114 Å². The molecule has 2 aliphatic rings. The van der Waals surface area contributed by atoms with Crippen molar-refractivity contribution in [3.05, 3.63) is 34.9 Å². The summed E-state index contributed by atoms with van der Waals surface area (Å²) in [5.41, 5.74) is 4.34. The highest BCUT2D eigenvalue weighted by molar-refractivity contribution is 5.75. The molecule has 1 aliphatic heterocycles. The van der Waals surface area contributed by atoms with E-state index in [1.807, 2.05) is 0 Å². The molecule has 3 nitrogen and oxygen atoms in total. The van der Waals surface area contributed by atoms with E-state index in [2.05, 4.69) is 23.1 Å². The van der Waals surface area contributed by atoms with Gasteiger partial charge in [0.1, 0.15) is 6.04 Å². The van der Waals surface area contributed by atoms with Crippen molar-refractivity contribution in [1.82, 2.24) is 4.90 Å². The summed E-state index contributed by atoms with van der Waals surface area (Å²) < 4.78 is 4.90. The first kappa shape index (κ1) is 12.7. The summed E-state index contributed by atoms with van der Waals surface area (Å²) in [7, 11) is 1.48. The molecular formula is C16H21NO2. The number of hydrogen-bond acceptors (Lipinski definition) is 3. The SMILES string of the molecule is COC(=O)C1CCCN1Cc1ccc2c(c1)CCC2. The minimum Gasteiger partial charge on any atom is -0.468 e. The van der Waals surface area contributed by atoms with Gasteiger partial charge in [0.2, 0.25) is 0 Å². The summed E-state index contributed by atoms with van der Waals surface area (Å²) in [4.78, 5) is 14.0. The Hall–Kier alpha value is -1.35. The quantitative estimate of drug-likeness (QED) is 0.780. The fraction of sp³-hybridized carbons (Fsp3) is 0.562. The van der Waals surface area contributed by atoms with Crippen molar-refractivity contribution in [3.63, 3.8) is 0 Å². The molecule has 1 fully saturated rings. The summed E-state index contributed by atoms with van der Waals surface area (Å²) in [5.74, 6) is -0.0846. The zero-order valence-corrected chi connectivity index (χ0v) is 11.5. The average Bonchev–Trinajstić information content (AvgIpc) is 3.06. The Kier molecular flexibility index (Phi) is 3.56. The van der Waals surface area contributed by atoms with E-state index in [4.69, 9.17) is 4.74 Å². The molecule has 1 saturated heterocycles. The number of carbonyl (C=O) groups is 1. The molecule has 0 saturated carbocycles. The van der Waals surface area contributed by atoms with E-state index in [0.717, 1.165) is 25.9 Å². The van der Waals surface area contributed by atoms with E-state index in [0.29, 0.717) is 0 Å². The molecule has 1 aromatic rings. The second-order valence-corrected chi connectivity index (χ2v) is 5.61. The zero-order valence-electron chi connectivity index (χ0n) is 11.5. The van der Waals surface area contributed by atoms with Crippen LogP contribution < -0.4 is 0 Å². The lowest BCUT2D eigenvalue weighted by molar-refractivity contribution is -0.146. The van der Waals surface area contributed by atoms with Crippen molar-refractivity contribution in [2.75, 3.05) is 13.7 Å². The molecule has 19 heavy (non-hydrogen) atoms. The van der Waals surface area contributed by atoms with Crippen LogP contribution in [0.4, 0.5) is 0 Å². The zero-order chi connectivity index (χ0) is 13.2. The summed E-state index contributed by atoms with van der Waals surface area (Å²) in [6.07, 6.45) is 5.74. The van der Waals surface area contributed by atoms with Gasteiger partial charge in [-0.05, 0) is 55.3 Å². The number of likely N-dealkylation sites (tertiary alicyclic amines) is 1. The highest BCUT2D eigenvalue weighted by Crippen LogP contribution is 2.25. The third kappa shape index (κ3) is 2.52. The van der Waals surface area contributed by atoms with E-state index >= 15 is 0 Å². The van der Waals surface area contributed by atoms with Gasteiger partial charge in [0.15, 0.2) is 0 Å². The van der Waals surface area contributed by atoms with E-state index in [-0.39, 0.29) is 12.0 Å². The molecule has 0 bridgehead atoms. The molecule has 3 rings (SSSR count). The van der Waals surface area contributed by atoms with Crippen LogP contribution >= 0.6 is 0 Å². The molecule has 1 heterocycles. The number of hydrogen-bond donors (Lipinski definition) is 0. The lowest BCUT2D eigenvalue weighted by Gasteiger charge is -2.22. The topological polar surface area (TPSA) is 29.5 Å². The predicted octanol–water partition coefficient (Wildman–Crippen LogP) is 2.31. The normalized spacial score (nSPS) is 22.5. The number of methoxy groups -OCH3 is 1. The van der Waals surface area contributed by atoms with Gasteiger partial charge < -0.3 is 4.74 Å². The van der Waals surface area contributed by atoms with Crippen LogP contribution in [-0.4, -0.2) is 30.6 Å². The molecule has 102 valence electrons. The average molecular weight is 259 g/mol. The lowest BCUT2D eigenvalue weighted by Crippen LogP contribution is -2.36. The van der Waals surface area contributed by atoms with Crippen molar-refractivity contribution < 1.29 is 9.53 Å². The van der Waals surface area contributed by atoms with Gasteiger partial charge in [-0.15, -0.1) is 0 Å². The first-order valence-corrected chi connectivity index (χ1v) is 7.20. The van der Waals surface area contributed by atoms with Crippen LogP contribution in [0.5, 0.6) is 0 Å². The van der Waals surface area contributed by atoms with Crippen LogP contribution in [0.15, 0.2) is 18.2 Å². The highest BCUT2D eigenvalue weighted by Gasteiger charge is 2.31. The molecule has 1 atom stereocenters. The third-order valence-corrected chi connectivity index (χ3v) is 4.39.